The number of anilines is 1. The lowest BCUT2D eigenvalue weighted by molar-refractivity contribution is -0.117. The minimum atomic E-state index is -0.123. The Hall–Kier alpha value is -2.17. The molecule has 2 aromatic rings. The van der Waals surface area contributed by atoms with Gasteiger partial charge >= 0.3 is 0 Å². The van der Waals surface area contributed by atoms with E-state index < -0.39 is 0 Å². The number of aromatic nitrogens is 2. The molecule has 0 aliphatic rings. The second kappa shape index (κ2) is 7.20. The van der Waals surface area contributed by atoms with Crippen LogP contribution in [0.4, 0.5) is 5.00 Å². The number of nitrogens with zero attached hydrogens (tertiary/aromatic N) is 4. The zero-order chi connectivity index (χ0) is 16.1. The molecule has 0 aliphatic carbocycles. The molecule has 116 valence electrons. The molecule has 0 spiro atoms. The summed E-state index contributed by atoms with van der Waals surface area (Å²) in [4.78, 5) is 14.0. The van der Waals surface area contributed by atoms with Gasteiger partial charge in [-0.25, -0.2) is 0 Å². The summed E-state index contributed by atoms with van der Waals surface area (Å²) in [6.45, 7) is 5.85. The zero-order valence-corrected chi connectivity index (χ0v) is 13.8. The van der Waals surface area contributed by atoms with Crippen LogP contribution in [0.3, 0.4) is 0 Å². The molecule has 2 rings (SSSR count). The van der Waals surface area contributed by atoms with Crippen molar-refractivity contribution in [1.82, 2.24) is 14.7 Å². The monoisotopic (exact) mass is 317 g/mol. The molecule has 0 radical (unpaired) electrons. The molecule has 0 aromatic carbocycles. The van der Waals surface area contributed by atoms with Crippen molar-refractivity contribution in [3.63, 3.8) is 0 Å². The summed E-state index contributed by atoms with van der Waals surface area (Å²) in [5, 5.41) is 18.4. The minimum absolute atomic E-state index is 0.123. The normalized spacial score (nSPS) is 10.7. The molecule has 22 heavy (non-hydrogen) atoms. The van der Waals surface area contributed by atoms with Gasteiger partial charge in [0.25, 0.3) is 0 Å². The van der Waals surface area contributed by atoms with E-state index >= 15 is 0 Å². The first-order chi connectivity index (χ1) is 10.5. The Morgan fingerprint density at radius 3 is 3.00 bits per heavy atom. The van der Waals surface area contributed by atoms with Crippen molar-refractivity contribution in [1.29, 1.82) is 5.26 Å². The maximum Gasteiger partial charge on any atom is 0.239 e. The van der Waals surface area contributed by atoms with Crippen LogP contribution in [0.1, 0.15) is 23.7 Å². The minimum Gasteiger partial charge on any atom is -0.315 e. The number of aryl methyl sites for hydroxylation is 1. The summed E-state index contributed by atoms with van der Waals surface area (Å²) in [5.41, 5.74) is 2.74. The largest absolute Gasteiger partial charge is 0.315 e. The summed E-state index contributed by atoms with van der Waals surface area (Å²) in [6, 6.07) is 3.76. The molecule has 1 N–H and O–H groups in total. The number of amides is 1. The predicted octanol–water partition coefficient (Wildman–Crippen LogP) is 2.22. The van der Waals surface area contributed by atoms with Crippen molar-refractivity contribution in [3.05, 3.63) is 34.5 Å². The molecular formula is C15H19N5OS. The average Bonchev–Trinajstić information content (AvgIpc) is 3.06. The summed E-state index contributed by atoms with van der Waals surface area (Å²) < 4.78 is 1.94. The Balaban J connectivity index is 1.91. The number of nitriles is 1. The van der Waals surface area contributed by atoms with Crippen LogP contribution in [0.15, 0.2) is 17.6 Å². The van der Waals surface area contributed by atoms with E-state index in [9.17, 15) is 4.79 Å². The Labute approximate surface area is 134 Å². The van der Waals surface area contributed by atoms with Gasteiger partial charge in [0, 0.05) is 24.3 Å². The van der Waals surface area contributed by atoms with E-state index in [4.69, 9.17) is 5.26 Å². The van der Waals surface area contributed by atoms with Crippen LogP contribution in [0.5, 0.6) is 0 Å². The molecule has 2 aromatic heterocycles. The van der Waals surface area contributed by atoms with Crippen LogP contribution in [0, 0.1) is 18.3 Å². The van der Waals surface area contributed by atoms with E-state index in [1.807, 2.05) is 29.7 Å². The van der Waals surface area contributed by atoms with Gasteiger partial charge in [0.1, 0.15) is 11.1 Å². The molecule has 0 saturated carbocycles. The van der Waals surface area contributed by atoms with Crippen LogP contribution in [-0.2, 0) is 17.9 Å². The van der Waals surface area contributed by atoms with Gasteiger partial charge < -0.3 is 5.32 Å². The second-order valence-electron chi connectivity index (χ2n) is 5.07. The molecule has 1 amide bonds. The zero-order valence-electron chi connectivity index (χ0n) is 13.0. The third-order valence-corrected chi connectivity index (χ3v) is 4.23. The second-order valence-corrected chi connectivity index (χ2v) is 5.98. The highest BCUT2D eigenvalue weighted by Crippen LogP contribution is 2.22. The quantitative estimate of drug-likeness (QED) is 0.886. The molecule has 0 atom stereocenters. The number of thiophene rings is 1. The van der Waals surface area contributed by atoms with Crippen molar-refractivity contribution >= 4 is 22.2 Å². The van der Waals surface area contributed by atoms with Gasteiger partial charge in [0.15, 0.2) is 0 Å². The Bertz CT molecular complexity index is 697. The first-order valence-corrected chi connectivity index (χ1v) is 7.90. The van der Waals surface area contributed by atoms with Gasteiger partial charge in [-0.05, 0) is 32.3 Å². The van der Waals surface area contributed by atoms with Crippen molar-refractivity contribution < 1.29 is 4.79 Å². The van der Waals surface area contributed by atoms with Gasteiger partial charge in [-0.15, -0.1) is 11.3 Å². The number of nitrogens with one attached hydrogen (secondary N) is 1. The Morgan fingerprint density at radius 1 is 1.59 bits per heavy atom. The lowest BCUT2D eigenvalue weighted by Gasteiger charge is -2.15. The van der Waals surface area contributed by atoms with Crippen molar-refractivity contribution in [2.75, 3.05) is 18.9 Å². The molecule has 0 bridgehead atoms. The third kappa shape index (κ3) is 3.72. The fraction of sp³-hybridized carbons (Fsp3) is 0.400. The maximum absolute atomic E-state index is 12.0. The standard InChI is InChI=1S/C15H19N5OS/c1-4-20-11(2)13(8-17-20)9-19(3)10-14(21)18-15-12(7-16)5-6-22-15/h5-6,8H,4,9-10H2,1-3H3,(H,18,21). The van der Waals surface area contributed by atoms with Crippen LogP contribution in [-0.4, -0.2) is 34.2 Å². The van der Waals surface area contributed by atoms with E-state index in [1.54, 1.807) is 11.4 Å². The van der Waals surface area contributed by atoms with E-state index in [1.165, 1.54) is 11.3 Å². The van der Waals surface area contributed by atoms with Crippen molar-refractivity contribution in [2.45, 2.75) is 26.9 Å². The van der Waals surface area contributed by atoms with E-state index in [0.717, 1.165) is 17.8 Å². The molecule has 0 fully saturated rings. The topological polar surface area (TPSA) is 74.0 Å². The van der Waals surface area contributed by atoms with Gasteiger partial charge in [0.05, 0.1) is 18.3 Å². The Kier molecular flexibility index (Phi) is 5.31. The van der Waals surface area contributed by atoms with E-state index in [0.29, 0.717) is 17.1 Å². The first kappa shape index (κ1) is 16.2. The van der Waals surface area contributed by atoms with E-state index in [2.05, 4.69) is 23.4 Å². The molecule has 0 aliphatic heterocycles. The summed E-state index contributed by atoms with van der Waals surface area (Å²) >= 11 is 1.36. The van der Waals surface area contributed by atoms with Gasteiger partial charge in [-0.2, -0.15) is 10.4 Å². The van der Waals surface area contributed by atoms with Crippen LogP contribution in [0.2, 0.25) is 0 Å². The lowest BCUT2D eigenvalue weighted by atomic mass is 10.2. The Morgan fingerprint density at radius 2 is 2.36 bits per heavy atom. The first-order valence-electron chi connectivity index (χ1n) is 7.02. The lowest BCUT2D eigenvalue weighted by Crippen LogP contribution is -2.29. The highest BCUT2D eigenvalue weighted by molar-refractivity contribution is 7.14. The molecule has 2 heterocycles. The average molecular weight is 317 g/mol. The summed E-state index contributed by atoms with van der Waals surface area (Å²) in [7, 11) is 1.89. The SMILES string of the molecule is CCn1ncc(CN(C)CC(=O)Nc2sccc2C#N)c1C. The van der Waals surface area contributed by atoms with E-state index in [-0.39, 0.29) is 12.5 Å². The number of hydrogen-bond acceptors (Lipinski definition) is 5. The number of likely N-dealkylation sites (N-methyl/N-ethyl adjacent to an activating group) is 1. The summed E-state index contributed by atoms with van der Waals surface area (Å²) in [6.07, 6.45) is 1.85. The summed E-state index contributed by atoms with van der Waals surface area (Å²) in [5.74, 6) is -0.123. The number of carbonyl (C=O) groups is 1. The van der Waals surface area contributed by atoms with Crippen LogP contribution < -0.4 is 5.32 Å². The third-order valence-electron chi connectivity index (χ3n) is 3.40. The molecule has 0 unspecified atom stereocenters. The highest BCUT2D eigenvalue weighted by atomic mass is 32.1. The molecular weight excluding hydrogens is 298 g/mol. The fourth-order valence-electron chi connectivity index (χ4n) is 2.21. The number of hydrogen-bond donors (Lipinski definition) is 1. The van der Waals surface area contributed by atoms with Gasteiger partial charge in [-0.1, -0.05) is 0 Å². The predicted molar refractivity (Wildman–Crippen MR) is 86.6 cm³/mol. The van der Waals surface area contributed by atoms with Gasteiger partial charge in [-0.3, -0.25) is 14.4 Å². The van der Waals surface area contributed by atoms with Gasteiger partial charge in [0.2, 0.25) is 5.91 Å². The van der Waals surface area contributed by atoms with Crippen LogP contribution >= 0.6 is 11.3 Å². The molecule has 0 saturated heterocycles. The maximum atomic E-state index is 12.0. The highest BCUT2D eigenvalue weighted by Gasteiger charge is 2.13. The van der Waals surface area contributed by atoms with Crippen LogP contribution in [0.25, 0.3) is 0 Å². The van der Waals surface area contributed by atoms with Crippen molar-refractivity contribution in [2.24, 2.45) is 0 Å². The molecule has 6 nitrogen and oxygen atoms in total. The fourth-order valence-corrected chi connectivity index (χ4v) is 2.96. The number of rotatable bonds is 6. The molecule has 7 heteroatoms. The number of carbonyl (C=O) groups excluding carboxylic acids is 1. The van der Waals surface area contributed by atoms with Crippen molar-refractivity contribution in [3.8, 4) is 6.07 Å². The smallest absolute Gasteiger partial charge is 0.239 e.